The van der Waals surface area contributed by atoms with Gasteiger partial charge in [0.1, 0.15) is 0 Å². The van der Waals surface area contributed by atoms with E-state index < -0.39 is 4.92 Å². The van der Waals surface area contributed by atoms with E-state index in [-0.39, 0.29) is 11.6 Å². The zero-order valence-corrected chi connectivity index (χ0v) is 12.6. The van der Waals surface area contributed by atoms with Crippen LogP contribution in [0.4, 0.5) is 11.4 Å². The first kappa shape index (κ1) is 16.2. The minimum Gasteiger partial charge on any atom is -0.326 e. The summed E-state index contributed by atoms with van der Waals surface area (Å²) in [7, 11) is 0. The number of nitrogens with zero attached hydrogens (tertiary/aromatic N) is 1. The van der Waals surface area contributed by atoms with Gasteiger partial charge in [-0.25, -0.2) is 0 Å². The van der Waals surface area contributed by atoms with Gasteiger partial charge in [0.25, 0.3) is 5.69 Å². The highest BCUT2D eigenvalue weighted by Gasteiger charge is 2.03. The number of nitro groups is 1. The van der Waals surface area contributed by atoms with Gasteiger partial charge in [-0.15, -0.1) is 0 Å². The lowest BCUT2D eigenvalue weighted by Gasteiger charge is -2.01. The van der Waals surface area contributed by atoms with E-state index >= 15 is 0 Å². The zero-order valence-electron chi connectivity index (χ0n) is 12.6. The molecule has 0 unspecified atom stereocenters. The molecule has 2 rings (SSSR count). The lowest BCUT2D eigenvalue weighted by Crippen LogP contribution is -2.05. The van der Waals surface area contributed by atoms with Gasteiger partial charge in [0.05, 0.1) is 4.92 Å². The third-order valence-corrected chi connectivity index (χ3v) is 3.00. The number of amides is 1. The average molecular weight is 308 g/mol. The topological polar surface area (TPSA) is 72.2 Å². The summed E-state index contributed by atoms with van der Waals surface area (Å²) < 4.78 is 0. The summed E-state index contributed by atoms with van der Waals surface area (Å²) in [4.78, 5) is 21.2. The van der Waals surface area contributed by atoms with E-state index in [1.54, 1.807) is 18.2 Å². The van der Waals surface area contributed by atoms with Gasteiger partial charge < -0.3 is 5.32 Å². The maximum absolute atomic E-state index is 10.9. The van der Waals surface area contributed by atoms with E-state index in [2.05, 4.69) is 5.32 Å². The molecule has 0 aliphatic carbocycles. The fraction of sp³-hybridized carbons (Fsp3) is 0.0556. The quantitative estimate of drug-likeness (QED) is 0.509. The molecular weight excluding hydrogens is 292 g/mol. The lowest BCUT2D eigenvalue weighted by atomic mass is 10.1. The van der Waals surface area contributed by atoms with E-state index in [1.807, 2.05) is 42.5 Å². The van der Waals surface area contributed by atoms with Gasteiger partial charge in [0, 0.05) is 24.7 Å². The Morgan fingerprint density at radius 1 is 1.04 bits per heavy atom. The molecule has 5 heteroatoms. The van der Waals surface area contributed by atoms with Crippen LogP contribution in [0.25, 0.3) is 12.2 Å². The van der Waals surface area contributed by atoms with E-state index in [1.165, 1.54) is 19.1 Å². The highest BCUT2D eigenvalue weighted by molar-refractivity contribution is 5.88. The number of benzene rings is 2. The van der Waals surface area contributed by atoms with Crippen molar-refractivity contribution in [3.8, 4) is 0 Å². The monoisotopic (exact) mass is 308 g/mol. The summed E-state index contributed by atoms with van der Waals surface area (Å²) in [5.74, 6) is -0.104. The van der Waals surface area contributed by atoms with Crippen LogP contribution in [0.5, 0.6) is 0 Å². The predicted molar refractivity (Wildman–Crippen MR) is 91.9 cm³/mol. The molecule has 2 aromatic rings. The number of anilines is 1. The summed E-state index contributed by atoms with van der Waals surface area (Å²) in [6.45, 7) is 1.46. The number of hydrogen-bond acceptors (Lipinski definition) is 3. The second kappa shape index (κ2) is 7.70. The molecular formula is C18H16N2O3. The lowest BCUT2D eigenvalue weighted by molar-refractivity contribution is -0.384. The molecule has 0 aliphatic rings. The van der Waals surface area contributed by atoms with Crippen molar-refractivity contribution < 1.29 is 9.72 Å². The molecule has 1 N–H and O–H groups in total. The molecule has 0 saturated carbocycles. The van der Waals surface area contributed by atoms with E-state index in [0.29, 0.717) is 0 Å². The summed E-state index contributed by atoms with van der Waals surface area (Å²) in [6, 6.07) is 13.9. The van der Waals surface area contributed by atoms with Crippen LogP contribution >= 0.6 is 0 Å². The van der Waals surface area contributed by atoms with E-state index in [0.717, 1.165) is 16.8 Å². The first-order valence-electron chi connectivity index (χ1n) is 7.01. The molecule has 1 amide bonds. The van der Waals surface area contributed by atoms with Crippen LogP contribution in [-0.4, -0.2) is 10.8 Å². The molecule has 0 atom stereocenters. The van der Waals surface area contributed by atoms with Crippen LogP contribution in [0, 0.1) is 10.1 Å². The van der Waals surface area contributed by atoms with Crippen molar-refractivity contribution in [3.63, 3.8) is 0 Å². The predicted octanol–water partition coefficient (Wildman–Crippen LogP) is 4.28. The molecule has 0 radical (unpaired) electrons. The molecule has 5 nitrogen and oxygen atoms in total. The molecule has 0 heterocycles. The van der Waals surface area contributed by atoms with Crippen LogP contribution in [0.2, 0.25) is 0 Å². The third kappa shape index (κ3) is 5.24. The molecule has 116 valence electrons. The summed E-state index contributed by atoms with van der Waals surface area (Å²) in [5.41, 5.74) is 2.58. The highest BCUT2D eigenvalue weighted by Crippen LogP contribution is 2.14. The third-order valence-electron chi connectivity index (χ3n) is 3.00. The van der Waals surface area contributed by atoms with Crippen LogP contribution < -0.4 is 5.32 Å². The van der Waals surface area contributed by atoms with Gasteiger partial charge >= 0.3 is 0 Å². The fourth-order valence-corrected chi connectivity index (χ4v) is 1.96. The number of carbonyl (C=O) groups is 1. The second-order valence-corrected chi connectivity index (χ2v) is 4.87. The van der Waals surface area contributed by atoms with Gasteiger partial charge in [-0.1, -0.05) is 48.6 Å². The van der Waals surface area contributed by atoms with Crippen molar-refractivity contribution in [3.05, 3.63) is 81.9 Å². The molecule has 0 saturated heterocycles. The number of non-ortho nitro benzene ring substituents is 1. The van der Waals surface area contributed by atoms with Gasteiger partial charge in [-0.2, -0.15) is 0 Å². The molecule has 0 bridgehead atoms. The minimum absolute atomic E-state index is 0.0738. The summed E-state index contributed by atoms with van der Waals surface area (Å²) >= 11 is 0. The normalized spacial score (nSPS) is 11.0. The molecule has 0 aliphatic heterocycles. The summed E-state index contributed by atoms with van der Waals surface area (Å²) in [5, 5.41) is 13.4. The highest BCUT2D eigenvalue weighted by atomic mass is 16.6. The van der Waals surface area contributed by atoms with Crippen LogP contribution in [-0.2, 0) is 4.79 Å². The average Bonchev–Trinajstić information content (AvgIpc) is 2.53. The molecule has 0 fully saturated rings. The van der Waals surface area contributed by atoms with Gasteiger partial charge in [0.15, 0.2) is 0 Å². The second-order valence-electron chi connectivity index (χ2n) is 4.87. The minimum atomic E-state index is -0.413. The Labute approximate surface area is 134 Å². The van der Waals surface area contributed by atoms with Crippen molar-refractivity contribution >= 4 is 29.4 Å². The van der Waals surface area contributed by atoms with Crippen LogP contribution in [0.3, 0.4) is 0 Å². The maximum atomic E-state index is 10.9. The number of allylic oxidation sites excluding steroid dienone is 2. The Kier molecular flexibility index (Phi) is 5.41. The standard InChI is InChI=1S/C18H16N2O3/c1-14(21)19-17-11-9-15(10-12-17)5-2-3-6-16-7-4-8-18(13-16)20(22)23/h2-13H,1H3,(H,19,21)/b5-2+,6-3+. The number of rotatable bonds is 5. The smallest absolute Gasteiger partial charge is 0.270 e. The van der Waals surface area contributed by atoms with Crippen LogP contribution in [0.1, 0.15) is 18.1 Å². The number of carbonyl (C=O) groups excluding carboxylic acids is 1. The number of nitro benzene ring substituents is 1. The first-order valence-corrected chi connectivity index (χ1v) is 7.01. The van der Waals surface area contributed by atoms with Crippen molar-refractivity contribution in [2.45, 2.75) is 6.92 Å². The van der Waals surface area contributed by atoms with Crippen LogP contribution in [0.15, 0.2) is 60.7 Å². The van der Waals surface area contributed by atoms with Gasteiger partial charge in [-0.05, 0) is 23.3 Å². The Morgan fingerprint density at radius 2 is 1.70 bits per heavy atom. The van der Waals surface area contributed by atoms with Crippen molar-refractivity contribution in [1.82, 2.24) is 0 Å². The number of hydrogen-bond donors (Lipinski definition) is 1. The SMILES string of the molecule is CC(=O)Nc1ccc(/C=C/C=C/c2cccc([N+](=O)[O-])c2)cc1. The molecule has 0 aromatic heterocycles. The Morgan fingerprint density at radius 3 is 2.30 bits per heavy atom. The molecule has 0 spiro atoms. The fourth-order valence-electron chi connectivity index (χ4n) is 1.96. The zero-order chi connectivity index (χ0) is 16.7. The maximum Gasteiger partial charge on any atom is 0.270 e. The van der Waals surface area contributed by atoms with E-state index in [9.17, 15) is 14.9 Å². The molecule has 23 heavy (non-hydrogen) atoms. The van der Waals surface area contributed by atoms with Gasteiger partial charge in [0.2, 0.25) is 5.91 Å². The largest absolute Gasteiger partial charge is 0.326 e. The van der Waals surface area contributed by atoms with Crippen molar-refractivity contribution in [2.24, 2.45) is 0 Å². The Hall–Kier alpha value is -3.21. The Bertz CT molecular complexity index is 762. The van der Waals surface area contributed by atoms with Crippen molar-refractivity contribution in [2.75, 3.05) is 5.32 Å². The van der Waals surface area contributed by atoms with Gasteiger partial charge in [-0.3, -0.25) is 14.9 Å². The number of nitrogens with one attached hydrogen (secondary N) is 1. The van der Waals surface area contributed by atoms with Crippen molar-refractivity contribution in [1.29, 1.82) is 0 Å². The summed E-state index contributed by atoms with van der Waals surface area (Å²) in [6.07, 6.45) is 7.38. The Balaban J connectivity index is 1.99. The van der Waals surface area contributed by atoms with E-state index in [4.69, 9.17) is 0 Å². The molecule has 2 aromatic carbocycles. The first-order chi connectivity index (χ1) is 11.0.